The Hall–Kier alpha value is -0.930. The van der Waals surface area contributed by atoms with Gasteiger partial charge in [-0.3, -0.25) is 0 Å². The minimum absolute atomic E-state index is 0.499. The Morgan fingerprint density at radius 3 is 2.43 bits per heavy atom. The van der Waals surface area contributed by atoms with Crippen molar-refractivity contribution in [2.24, 2.45) is 5.41 Å². The van der Waals surface area contributed by atoms with Gasteiger partial charge in [0.05, 0.1) is 19.2 Å². The van der Waals surface area contributed by atoms with Gasteiger partial charge in [0.25, 0.3) is 0 Å². The Morgan fingerprint density at radius 2 is 1.86 bits per heavy atom. The number of benzene rings is 1. The lowest BCUT2D eigenvalue weighted by Crippen LogP contribution is -2.35. The fourth-order valence-electron chi connectivity index (χ4n) is 2.92. The Balaban J connectivity index is 1.98. The molecule has 0 aromatic heterocycles. The first-order valence-corrected chi connectivity index (χ1v) is 7.97. The van der Waals surface area contributed by atoms with Crippen molar-refractivity contribution in [2.75, 3.05) is 14.2 Å². The highest BCUT2D eigenvalue weighted by molar-refractivity contribution is 6.33. The van der Waals surface area contributed by atoms with Crippen molar-refractivity contribution < 1.29 is 9.47 Å². The molecule has 1 aromatic carbocycles. The monoisotopic (exact) mass is 311 g/mol. The number of ether oxygens (including phenoxy) is 2. The smallest absolute Gasteiger partial charge is 0.179 e. The first kappa shape index (κ1) is 16.4. The van der Waals surface area contributed by atoms with Gasteiger partial charge in [0.15, 0.2) is 11.5 Å². The maximum Gasteiger partial charge on any atom is 0.179 e. The lowest BCUT2D eigenvalue weighted by atomic mass is 9.75. The average Bonchev–Trinajstić information content (AvgIpc) is 2.46. The fourth-order valence-corrected chi connectivity index (χ4v) is 3.22. The molecule has 0 amide bonds. The van der Waals surface area contributed by atoms with Crippen LogP contribution in [0.25, 0.3) is 0 Å². The van der Waals surface area contributed by atoms with Crippen LogP contribution in [0.15, 0.2) is 12.1 Å². The summed E-state index contributed by atoms with van der Waals surface area (Å²) in [5.74, 6) is 1.29. The van der Waals surface area contributed by atoms with Crippen molar-refractivity contribution in [1.82, 2.24) is 5.32 Å². The van der Waals surface area contributed by atoms with Crippen molar-refractivity contribution in [3.8, 4) is 11.5 Å². The molecule has 2 rings (SSSR count). The third-order valence-electron chi connectivity index (χ3n) is 4.49. The molecule has 3 nitrogen and oxygen atoms in total. The second-order valence-electron chi connectivity index (χ2n) is 6.59. The van der Waals surface area contributed by atoms with Crippen LogP contribution in [0.3, 0.4) is 0 Å². The van der Waals surface area contributed by atoms with E-state index in [1.807, 2.05) is 12.1 Å². The van der Waals surface area contributed by atoms with E-state index in [2.05, 4.69) is 19.2 Å². The summed E-state index contributed by atoms with van der Waals surface area (Å²) in [6.07, 6.45) is 5.03. The molecule has 1 aliphatic carbocycles. The van der Waals surface area contributed by atoms with Gasteiger partial charge in [-0.1, -0.05) is 31.5 Å². The van der Waals surface area contributed by atoms with Crippen LogP contribution < -0.4 is 14.8 Å². The molecule has 1 saturated carbocycles. The molecule has 4 heteroatoms. The minimum Gasteiger partial charge on any atom is -0.493 e. The van der Waals surface area contributed by atoms with Crippen LogP contribution in [0.5, 0.6) is 11.5 Å². The van der Waals surface area contributed by atoms with Gasteiger partial charge in [-0.2, -0.15) is 0 Å². The van der Waals surface area contributed by atoms with E-state index in [9.17, 15) is 0 Å². The van der Waals surface area contributed by atoms with Gasteiger partial charge >= 0.3 is 0 Å². The van der Waals surface area contributed by atoms with Gasteiger partial charge in [-0.05, 0) is 42.7 Å². The first-order chi connectivity index (χ1) is 9.96. The summed E-state index contributed by atoms with van der Waals surface area (Å²) >= 11 is 6.41. The molecule has 0 spiro atoms. The zero-order chi connectivity index (χ0) is 15.5. The Kier molecular flexibility index (Phi) is 5.39. The molecule has 21 heavy (non-hydrogen) atoms. The third-order valence-corrected chi connectivity index (χ3v) is 4.90. The molecular weight excluding hydrogens is 286 g/mol. The van der Waals surface area contributed by atoms with Crippen molar-refractivity contribution in [2.45, 2.75) is 52.1 Å². The third kappa shape index (κ3) is 4.04. The van der Waals surface area contributed by atoms with E-state index in [0.29, 0.717) is 28.0 Å². The van der Waals surface area contributed by atoms with Crippen molar-refractivity contribution in [1.29, 1.82) is 0 Å². The normalized spacial score (nSPS) is 18.5. The van der Waals surface area contributed by atoms with Crippen LogP contribution in [0.1, 0.15) is 45.1 Å². The van der Waals surface area contributed by atoms with Crippen molar-refractivity contribution in [3.05, 3.63) is 22.7 Å². The molecule has 0 radical (unpaired) electrons. The summed E-state index contributed by atoms with van der Waals surface area (Å²) in [4.78, 5) is 0. The second kappa shape index (κ2) is 6.89. The van der Waals surface area contributed by atoms with E-state index in [1.165, 1.54) is 25.7 Å². The van der Waals surface area contributed by atoms with Crippen molar-refractivity contribution in [3.63, 3.8) is 0 Å². The van der Waals surface area contributed by atoms with Crippen LogP contribution in [0, 0.1) is 5.41 Å². The Bertz CT molecular complexity index is 478. The van der Waals surface area contributed by atoms with Gasteiger partial charge in [0, 0.05) is 12.6 Å². The van der Waals surface area contributed by atoms with E-state index in [-0.39, 0.29) is 0 Å². The van der Waals surface area contributed by atoms with E-state index < -0.39 is 0 Å². The molecule has 1 fully saturated rings. The topological polar surface area (TPSA) is 30.5 Å². The molecule has 118 valence electrons. The van der Waals surface area contributed by atoms with Crippen LogP contribution in [-0.2, 0) is 6.54 Å². The van der Waals surface area contributed by atoms with Crippen molar-refractivity contribution >= 4 is 11.6 Å². The van der Waals surface area contributed by atoms with Crippen LogP contribution in [-0.4, -0.2) is 20.3 Å². The number of methoxy groups -OCH3 is 2. The highest BCUT2D eigenvalue weighted by Crippen LogP contribution is 2.38. The van der Waals surface area contributed by atoms with Gasteiger partial charge in [-0.25, -0.2) is 0 Å². The molecule has 0 atom stereocenters. The maximum absolute atomic E-state index is 6.41. The SMILES string of the molecule is COc1ccc(CNC2CCC(C)(C)CC2)c(Cl)c1OC. The molecule has 0 heterocycles. The number of hydrogen-bond acceptors (Lipinski definition) is 3. The molecule has 0 unspecified atom stereocenters. The van der Waals surface area contributed by atoms with Crippen LogP contribution in [0.2, 0.25) is 5.02 Å². The highest BCUT2D eigenvalue weighted by atomic mass is 35.5. The van der Waals surface area contributed by atoms with Crippen LogP contribution >= 0.6 is 11.6 Å². The maximum atomic E-state index is 6.41. The molecule has 0 bridgehead atoms. The predicted octanol–water partition coefficient (Wildman–Crippen LogP) is 4.42. The Morgan fingerprint density at radius 1 is 1.19 bits per heavy atom. The summed E-state index contributed by atoms with van der Waals surface area (Å²) in [6.45, 7) is 5.48. The van der Waals surface area contributed by atoms with Gasteiger partial charge in [-0.15, -0.1) is 0 Å². The summed E-state index contributed by atoms with van der Waals surface area (Å²) in [5, 5.41) is 4.26. The summed E-state index contributed by atoms with van der Waals surface area (Å²) in [6, 6.07) is 4.50. The predicted molar refractivity (Wildman–Crippen MR) is 87.4 cm³/mol. The average molecular weight is 312 g/mol. The largest absolute Gasteiger partial charge is 0.493 e. The number of hydrogen-bond donors (Lipinski definition) is 1. The molecule has 1 N–H and O–H groups in total. The molecule has 0 aliphatic heterocycles. The van der Waals surface area contributed by atoms with E-state index in [1.54, 1.807) is 14.2 Å². The molecule has 1 aromatic rings. The van der Waals surface area contributed by atoms with Crippen LogP contribution in [0.4, 0.5) is 0 Å². The first-order valence-electron chi connectivity index (χ1n) is 7.59. The lowest BCUT2D eigenvalue weighted by molar-refractivity contribution is 0.206. The highest BCUT2D eigenvalue weighted by Gasteiger charge is 2.26. The number of halogens is 1. The number of rotatable bonds is 5. The van der Waals surface area contributed by atoms with Gasteiger partial charge in [0.1, 0.15) is 0 Å². The second-order valence-corrected chi connectivity index (χ2v) is 6.97. The lowest BCUT2D eigenvalue weighted by Gasteiger charge is -2.34. The zero-order valence-electron chi connectivity index (χ0n) is 13.5. The minimum atomic E-state index is 0.499. The Labute approximate surface area is 133 Å². The van der Waals surface area contributed by atoms with E-state index in [4.69, 9.17) is 21.1 Å². The zero-order valence-corrected chi connectivity index (χ0v) is 14.2. The molecular formula is C17H26ClNO2. The van der Waals surface area contributed by atoms with E-state index >= 15 is 0 Å². The van der Waals surface area contributed by atoms with Gasteiger partial charge < -0.3 is 14.8 Å². The summed E-state index contributed by atoms with van der Waals surface area (Å²) in [7, 11) is 3.24. The van der Waals surface area contributed by atoms with E-state index in [0.717, 1.165) is 12.1 Å². The number of nitrogens with one attached hydrogen (secondary N) is 1. The fraction of sp³-hybridized carbons (Fsp3) is 0.647. The summed E-state index contributed by atoms with van der Waals surface area (Å²) in [5.41, 5.74) is 1.55. The standard InChI is InChI=1S/C17H26ClNO2/c1-17(2)9-7-13(8-10-17)19-11-12-5-6-14(20-3)16(21-4)15(12)18/h5-6,13,19H,7-11H2,1-4H3. The quantitative estimate of drug-likeness (QED) is 0.873. The summed E-state index contributed by atoms with van der Waals surface area (Å²) < 4.78 is 10.6. The molecule has 0 saturated heterocycles. The molecule has 1 aliphatic rings. The van der Waals surface area contributed by atoms with Gasteiger partial charge in [0.2, 0.25) is 0 Å².